The summed E-state index contributed by atoms with van der Waals surface area (Å²) in [4.78, 5) is 16.5. The number of nitrogens with one attached hydrogen (secondary N) is 2. The molecule has 0 aliphatic heterocycles. The molecular formula is C20H16F3N3O2. The zero-order valence-corrected chi connectivity index (χ0v) is 15.0. The molecule has 0 bridgehead atoms. The van der Waals surface area contributed by atoms with Crippen LogP contribution in [0.25, 0.3) is 0 Å². The van der Waals surface area contributed by atoms with Crippen LogP contribution in [0.3, 0.4) is 0 Å². The molecule has 0 aliphatic carbocycles. The highest BCUT2D eigenvalue weighted by Gasteiger charge is 2.16. The third kappa shape index (κ3) is 4.06. The van der Waals surface area contributed by atoms with Crippen molar-refractivity contribution in [3.05, 3.63) is 77.2 Å². The van der Waals surface area contributed by atoms with Crippen molar-refractivity contribution in [1.29, 1.82) is 0 Å². The van der Waals surface area contributed by atoms with E-state index in [1.807, 2.05) is 19.1 Å². The number of ether oxygens (including phenoxy) is 1. The molecule has 2 N–H and O–H groups in total. The number of benzene rings is 2. The average Bonchev–Trinajstić information content (AvgIpc) is 2.69. The van der Waals surface area contributed by atoms with E-state index >= 15 is 0 Å². The van der Waals surface area contributed by atoms with E-state index in [4.69, 9.17) is 4.74 Å². The van der Waals surface area contributed by atoms with E-state index < -0.39 is 29.0 Å². The Morgan fingerprint density at radius 1 is 1.00 bits per heavy atom. The molecule has 0 atom stereocenters. The molecule has 0 saturated carbocycles. The van der Waals surface area contributed by atoms with Gasteiger partial charge in [-0.05, 0) is 48.9 Å². The van der Waals surface area contributed by atoms with Crippen LogP contribution in [0.5, 0.6) is 5.75 Å². The normalized spacial score (nSPS) is 10.5. The number of hydrogen-bond donors (Lipinski definition) is 2. The third-order valence-corrected chi connectivity index (χ3v) is 3.92. The van der Waals surface area contributed by atoms with Gasteiger partial charge in [0.05, 0.1) is 18.5 Å². The van der Waals surface area contributed by atoms with Gasteiger partial charge in [0.25, 0.3) is 5.91 Å². The van der Waals surface area contributed by atoms with Gasteiger partial charge in [-0.3, -0.25) is 4.79 Å². The molecule has 2 aromatic carbocycles. The molecule has 144 valence electrons. The van der Waals surface area contributed by atoms with Crippen LogP contribution in [0.1, 0.15) is 15.9 Å². The van der Waals surface area contributed by atoms with Gasteiger partial charge in [0, 0.05) is 11.8 Å². The van der Waals surface area contributed by atoms with Crippen molar-refractivity contribution >= 4 is 23.1 Å². The first-order chi connectivity index (χ1) is 13.4. The number of carbonyl (C=O) groups excluding carboxylic acids is 1. The van der Waals surface area contributed by atoms with Crippen LogP contribution in [0.2, 0.25) is 0 Å². The maximum atomic E-state index is 13.8. The SMILES string of the molecule is COc1ccc(C)cc1Nc1cc(C(=O)Nc2ccc(F)c(F)c2F)ccn1. The van der Waals surface area contributed by atoms with E-state index in [1.165, 1.54) is 25.4 Å². The van der Waals surface area contributed by atoms with Gasteiger partial charge in [-0.25, -0.2) is 18.2 Å². The molecule has 5 nitrogen and oxygen atoms in total. The van der Waals surface area contributed by atoms with Crippen LogP contribution in [-0.4, -0.2) is 18.0 Å². The number of anilines is 3. The zero-order chi connectivity index (χ0) is 20.3. The van der Waals surface area contributed by atoms with E-state index in [0.29, 0.717) is 17.3 Å². The van der Waals surface area contributed by atoms with Gasteiger partial charge in [0.2, 0.25) is 0 Å². The van der Waals surface area contributed by atoms with Crippen LogP contribution >= 0.6 is 0 Å². The number of aryl methyl sites for hydroxylation is 1. The second-order valence-corrected chi connectivity index (χ2v) is 5.94. The Morgan fingerprint density at radius 3 is 2.54 bits per heavy atom. The Morgan fingerprint density at radius 2 is 1.79 bits per heavy atom. The third-order valence-electron chi connectivity index (χ3n) is 3.92. The Bertz CT molecular complexity index is 1040. The molecule has 0 radical (unpaired) electrons. The molecule has 0 unspecified atom stereocenters. The van der Waals surface area contributed by atoms with Gasteiger partial charge in [0.1, 0.15) is 11.6 Å². The monoisotopic (exact) mass is 387 g/mol. The Labute approximate surface area is 159 Å². The molecular weight excluding hydrogens is 371 g/mol. The number of methoxy groups -OCH3 is 1. The summed E-state index contributed by atoms with van der Waals surface area (Å²) in [6.07, 6.45) is 1.39. The smallest absolute Gasteiger partial charge is 0.255 e. The van der Waals surface area contributed by atoms with E-state index in [2.05, 4.69) is 15.6 Å². The van der Waals surface area contributed by atoms with Crippen molar-refractivity contribution in [2.45, 2.75) is 6.92 Å². The van der Waals surface area contributed by atoms with Crippen LogP contribution in [0.15, 0.2) is 48.7 Å². The highest BCUT2D eigenvalue weighted by atomic mass is 19.2. The van der Waals surface area contributed by atoms with Gasteiger partial charge in [-0.2, -0.15) is 0 Å². The van der Waals surface area contributed by atoms with E-state index in [-0.39, 0.29) is 5.56 Å². The summed E-state index contributed by atoms with van der Waals surface area (Å²) < 4.78 is 45.4. The molecule has 8 heteroatoms. The quantitative estimate of drug-likeness (QED) is 0.617. The summed E-state index contributed by atoms with van der Waals surface area (Å²) in [5, 5.41) is 5.27. The maximum Gasteiger partial charge on any atom is 0.255 e. The topological polar surface area (TPSA) is 63.2 Å². The maximum absolute atomic E-state index is 13.8. The van der Waals surface area contributed by atoms with Crippen LogP contribution in [0.4, 0.5) is 30.4 Å². The summed E-state index contributed by atoms with van der Waals surface area (Å²) >= 11 is 0. The number of pyridine rings is 1. The second-order valence-electron chi connectivity index (χ2n) is 5.94. The molecule has 3 rings (SSSR count). The van der Waals surface area contributed by atoms with Gasteiger partial charge >= 0.3 is 0 Å². The van der Waals surface area contributed by atoms with Crippen molar-refractivity contribution in [3.8, 4) is 5.75 Å². The Hall–Kier alpha value is -3.55. The second kappa shape index (κ2) is 7.99. The number of nitrogens with zero attached hydrogens (tertiary/aromatic N) is 1. The van der Waals surface area contributed by atoms with Crippen molar-refractivity contribution in [2.24, 2.45) is 0 Å². The Kier molecular flexibility index (Phi) is 5.49. The predicted molar refractivity (Wildman–Crippen MR) is 99.5 cm³/mol. The lowest BCUT2D eigenvalue weighted by Gasteiger charge is -2.12. The molecule has 0 saturated heterocycles. The van der Waals surface area contributed by atoms with Crippen molar-refractivity contribution in [1.82, 2.24) is 4.98 Å². The largest absolute Gasteiger partial charge is 0.495 e. The summed E-state index contributed by atoms with van der Waals surface area (Å²) in [6.45, 7) is 1.91. The number of hydrogen-bond acceptors (Lipinski definition) is 4. The Balaban J connectivity index is 1.83. The minimum atomic E-state index is -1.65. The van der Waals surface area contributed by atoms with E-state index in [1.54, 1.807) is 6.07 Å². The van der Waals surface area contributed by atoms with Gasteiger partial charge in [0.15, 0.2) is 17.5 Å². The summed E-state index contributed by atoms with van der Waals surface area (Å²) in [5.41, 5.74) is 1.33. The molecule has 1 aromatic heterocycles. The minimum Gasteiger partial charge on any atom is -0.495 e. The fourth-order valence-corrected chi connectivity index (χ4v) is 2.51. The van der Waals surface area contributed by atoms with Gasteiger partial charge in [-0.1, -0.05) is 6.07 Å². The van der Waals surface area contributed by atoms with Crippen LogP contribution in [-0.2, 0) is 0 Å². The number of carbonyl (C=O) groups is 1. The highest BCUT2D eigenvalue weighted by Crippen LogP contribution is 2.28. The molecule has 1 amide bonds. The molecule has 3 aromatic rings. The summed E-state index contributed by atoms with van der Waals surface area (Å²) in [6, 6.07) is 10.1. The van der Waals surface area contributed by atoms with E-state index in [9.17, 15) is 18.0 Å². The lowest BCUT2D eigenvalue weighted by molar-refractivity contribution is 0.102. The number of aromatic nitrogens is 1. The van der Waals surface area contributed by atoms with Gasteiger partial charge in [-0.15, -0.1) is 0 Å². The molecule has 0 spiro atoms. The molecule has 0 fully saturated rings. The summed E-state index contributed by atoms with van der Waals surface area (Å²) in [7, 11) is 1.53. The number of halogens is 3. The first-order valence-corrected chi connectivity index (χ1v) is 8.21. The predicted octanol–water partition coefficient (Wildman–Crippen LogP) is 4.81. The summed E-state index contributed by atoms with van der Waals surface area (Å²) in [5.74, 6) is -4.22. The van der Waals surface area contributed by atoms with Gasteiger partial charge < -0.3 is 15.4 Å². The van der Waals surface area contributed by atoms with Crippen molar-refractivity contribution in [2.75, 3.05) is 17.7 Å². The fourth-order valence-electron chi connectivity index (χ4n) is 2.51. The first-order valence-electron chi connectivity index (χ1n) is 8.21. The lowest BCUT2D eigenvalue weighted by Crippen LogP contribution is -2.14. The average molecular weight is 387 g/mol. The van der Waals surface area contributed by atoms with Crippen LogP contribution in [0, 0.1) is 24.4 Å². The molecule has 28 heavy (non-hydrogen) atoms. The first kappa shape index (κ1) is 19.2. The number of rotatable bonds is 5. The standard InChI is InChI=1S/C20H16F3N3O2/c1-11-3-6-16(28-2)15(9-11)25-17-10-12(7-8-24-17)20(27)26-14-5-4-13(21)18(22)19(14)23/h3-10H,1-2H3,(H,24,25)(H,26,27). The lowest BCUT2D eigenvalue weighted by atomic mass is 10.2. The molecule has 1 heterocycles. The van der Waals surface area contributed by atoms with Crippen molar-refractivity contribution < 1.29 is 22.7 Å². The highest BCUT2D eigenvalue weighted by molar-refractivity contribution is 6.04. The van der Waals surface area contributed by atoms with Crippen LogP contribution < -0.4 is 15.4 Å². The molecule has 0 aliphatic rings. The van der Waals surface area contributed by atoms with Crippen molar-refractivity contribution in [3.63, 3.8) is 0 Å². The zero-order valence-electron chi connectivity index (χ0n) is 15.0. The number of amides is 1. The minimum absolute atomic E-state index is 0.147. The fraction of sp³-hybridized carbons (Fsp3) is 0.100. The van der Waals surface area contributed by atoms with E-state index in [0.717, 1.165) is 17.7 Å².